The smallest absolute Gasteiger partial charge is 0.123 e. The molecule has 2 N–H and O–H groups in total. The van der Waals surface area contributed by atoms with Crippen LogP contribution >= 0.6 is 0 Å². The highest BCUT2D eigenvalue weighted by molar-refractivity contribution is 5.96. The molecule has 0 spiro atoms. The quantitative estimate of drug-likeness (QED) is 0.630. The Morgan fingerprint density at radius 3 is 2.44 bits per heavy atom. The van der Waals surface area contributed by atoms with E-state index in [0.29, 0.717) is 5.69 Å². The van der Waals surface area contributed by atoms with E-state index in [1.165, 1.54) is 12.1 Å². The molecule has 3 aromatic carbocycles. The second kappa shape index (κ2) is 4.15. The topological polar surface area (TPSA) is 26.0 Å². The van der Waals surface area contributed by atoms with Crippen LogP contribution in [-0.4, -0.2) is 0 Å². The van der Waals surface area contributed by atoms with Gasteiger partial charge in [-0.25, -0.2) is 4.39 Å². The van der Waals surface area contributed by atoms with E-state index in [9.17, 15) is 4.39 Å². The van der Waals surface area contributed by atoms with Crippen LogP contribution in [0.5, 0.6) is 0 Å². The van der Waals surface area contributed by atoms with Gasteiger partial charge < -0.3 is 5.73 Å². The lowest BCUT2D eigenvalue weighted by Gasteiger charge is -2.07. The number of nitrogens with two attached hydrogens (primary N) is 1. The predicted molar refractivity (Wildman–Crippen MR) is 73.8 cm³/mol. The molecule has 0 saturated carbocycles. The fraction of sp³-hybridized carbons (Fsp3) is 0. The van der Waals surface area contributed by atoms with E-state index >= 15 is 0 Å². The third kappa shape index (κ3) is 1.82. The molecule has 0 aliphatic heterocycles. The van der Waals surface area contributed by atoms with Crippen molar-refractivity contribution < 1.29 is 4.39 Å². The van der Waals surface area contributed by atoms with Crippen molar-refractivity contribution in [2.75, 3.05) is 5.73 Å². The molecule has 2 heteroatoms. The van der Waals surface area contributed by atoms with Crippen molar-refractivity contribution in [3.8, 4) is 11.1 Å². The van der Waals surface area contributed by atoms with Crippen LogP contribution in [0, 0.1) is 5.82 Å². The van der Waals surface area contributed by atoms with Gasteiger partial charge in [0, 0.05) is 11.1 Å². The molecule has 0 heterocycles. The van der Waals surface area contributed by atoms with Crippen molar-refractivity contribution >= 4 is 16.5 Å². The molecule has 0 aliphatic carbocycles. The van der Waals surface area contributed by atoms with E-state index in [0.717, 1.165) is 21.9 Å². The second-order valence-corrected chi connectivity index (χ2v) is 4.30. The average Bonchev–Trinajstić information content (AvgIpc) is 2.39. The zero-order valence-electron chi connectivity index (χ0n) is 9.73. The molecule has 0 atom stereocenters. The molecule has 0 aliphatic rings. The van der Waals surface area contributed by atoms with Crippen molar-refractivity contribution in [3.05, 3.63) is 66.5 Å². The number of halogens is 1. The molecule has 0 aromatic heterocycles. The zero-order chi connectivity index (χ0) is 12.5. The van der Waals surface area contributed by atoms with Gasteiger partial charge in [-0.2, -0.15) is 0 Å². The third-order valence-electron chi connectivity index (χ3n) is 3.05. The van der Waals surface area contributed by atoms with Gasteiger partial charge in [-0.15, -0.1) is 0 Å². The minimum absolute atomic E-state index is 0.237. The number of fused-ring (bicyclic) bond motifs is 1. The standard InChI is InChI=1S/C16H12FN/c17-14-6-3-5-11(9-14)13-8-12-4-1-2-7-15(12)16(18)10-13/h1-10H,18H2. The maximum absolute atomic E-state index is 13.2. The largest absolute Gasteiger partial charge is 0.398 e. The minimum Gasteiger partial charge on any atom is -0.398 e. The van der Waals surface area contributed by atoms with Gasteiger partial charge in [0.05, 0.1) is 0 Å². The second-order valence-electron chi connectivity index (χ2n) is 4.30. The van der Waals surface area contributed by atoms with Crippen molar-refractivity contribution in [2.24, 2.45) is 0 Å². The zero-order valence-corrected chi connectivity index (χ0v) is 9.73. The van der Waals surface area contributed by atoms with Gasteiger partial charge in [-0.3, -0.25) is 0 Å². The van der Waals surface area contributed by atoms with E-state index in [4.69, 9.17) is 5.73 Å². The highest BCUT2D eigenvalue weighted by Gasteiger charge is 2.04. The SMILES string of the molecule is Nc1cc(-c2cccc(F)c2)cc2ccccc12. The Morgan fingerprint density at radius 2 is 1.61 bits per heavy atom. The van der Waals surface area contributed by atoms with Gasteiger partial charge in [-0.05, 0) is 40.8 Å². The molecule has 0 unspecified atom stereocenters. The normalized spacial score (nSPS) is 10.7. The maximum Gasteiger partial charge on any atom is 0.123 e. The lowest BCUT2D eigenvalue weighted by atomic mass is 10.00. The van der Waals surface area contributed by atoms with Crippen LogP contribution in [0.25, 0.3) is 21.9 Å². The van der Waals surface area contributed by atoms with E-state index in [-0.39, 0.29) is 5.82 Å². The summed E-state index contributed by atoms with van der Waals surface area (Å²) in [7, 11) is 0. The Balaban J connectivity index is 2.24. The van der Waals surface area contributed by atoms with Crippen molar-refractivity contribution in [1.29, 1.82) is 0 Å². The highest BCUT2D eigenvalue weighted by Crippen LogP contribution is 2.29. The molecule has 3 aromatic rings. The first-order valence-electron chi connectivity index (χ1n) is 5.78. The van der Waals surface area contributed by atoms with Crippen LogP contribution in [0.3, 0.4) is 0 Å². The van der Waals surface area contributed by atoms with Gasteiger partial charge in [0.25, 0.3) is 0 Å². The molecule has 1 nitrogen and oxygen atoms in total. The molecule has 3 rings (SSSR count). The monoisotopic (exact) mass is 237 g/mol. The molecule has 0 saturated heterocycles. The number of benzene rings is 3. The van der Waals surface area contributed by atoms with E-state index in [1.807, 2.05) is 42.5 Å². The van der Waals surface area contributed by atoms with E-state index in [1.54, 1.807) is 6.07 Å². The summed E-state index contributed by atoms with van der Waals surface area (Å²) in [5, 5.41) is 2.09. The summed E-state index contributed by atoms with van der Waals surface area (Å²) < 4.78 is 13.2. The summed E-state index contributed by atoms with van der Waals surface area (Å²) in [6.07, 6.45) is 0. The summed E-state index contributed by atoms with van der Waals surface area (Å²) in [4.78, 5) is 0. The van der Waals surface area contributed by atoms with Crippen LogP contribution in [0.2, 0.25) is 0 Å². The van der Waals surface area contributed by atoms with Crippen LogP contribution < -0.4 is 5.73 Å². The number of hydrogen-bond donors (Lipinski definition) is 1. The fourth-order valence-corrected chi connectivity index (χ4v) is 2.17. The van der Waals surface area contributed by atoms with Gasteiger partial charge in [0.2, 0.25) is 0 Å². The van der Waals surface area contributed by atoms with Crippen molar-refractivity contribution in [2.45, 2.75) is 0 Å². The molecular weight excluding hydrogens is 225 g/mol. The lowest BCUT2D eigenvalue weighted by molar-refractivity contribution is 0.628. The molecule has 0 fully saturated rings. The summed E-state index contributed by atoms with van der Waals surface area (Å²) in [5.74, 6) is -0.237. The van der Waals surface area contributed by atoms with Crippen molar-refractivity contribution in [3.63, 3.8) is 0 Å². The van der Waals surface area contributed by atoms with Crippen LogP contribution in [0.15, 0.2) is 60.7 Å². The first kappa shape index (κ1) is 10.8. The molecular formula is C16H12FN. The maximum atomic E-state index is 13.2. The Hall–Kier alpha value is -2.35. The first-order chi connectivity index (χ1) is 8.74. The highest BCUT2D eigenvalue weighted by atomic mass is 19.1. The number of hydrogen-bond acceptors (Lipinski definition) is 1. The Kier molecular flexibility index (Phi) is 2.49. The van der Waals surface area contributed by atoms with Crippen molar-refractivity contribution in [1.82, 2.24) is 0 Å². The van der Waals surface area contributed by atoms with Crippen LogP contribution in [0.4, 0.5) is 10.1 Å². The third-order valence-corrected chi connectivity index (χ3v) is 3.05. The molecule has 18 heavy (non-hydrogen) atoms. The van der Waals surface area contributed by atoms with Gasteiger partial charge in [0.1, 0.15) is 5.82 Å². The number of anilines is 1. The summed E-state index contributed by atoms with van der Waals surface area (Å²) in [5.41, 5.74) is 8.53. The summed E-state index contributed by atoms with van der Waals surface area (Å²) >= 11 is 0. The summed E-state index contributed by atoms with van der Waals surface area (Å²) in [6, 6.07) is 18.4. The average molecular weight is 237 g/mol. The van der Waals surface area contributed by atoms with Gasteiger partial charge in [0.15, 0.2) is 0 Å². The summed E-state index contributed by atoms with van der Waals surface area (Å²) in [6.45, 7) is 0. The lowest BCUT2D eigenvalue weighted by Crippen LogP contribution is -1.89. The predicted octanol–water partition coefficient (Wildman–Crippen LogP) is 4.23. The fourth-order valence-electron chi connectivity index (χ4n) is 2.17. The molecule has 0 amide bonds. The van der Waals surface area contributed by atoms with Crippen LogP contribution in [0.1, 0.15) is 0 Å². The Morgan fingerprint density at radius 1 is 0.778 bits per heavy atom. The Labute approximate surface area is 105 Å². The first-order valence-corrected chi connectivity index (χ1v) is 5.78. The van der Waals surface area contributed by atoms with Gasteiger partial charge in [-0.1, -0.05) is 36.4 Å². The minimum atomic E-state index is -0.237. The molecule has 88 valence electrons. The number of nitrogen functional groups attached to an aromatic ring is 1. The molecule has 0 bridgehead atoms. The molecule has 0 radical (unpaired) electrons. The van der Waals surface area contributed by atoms with Gasteiger partial charge >= 0.3 is 0 Å². The Bertz CT molecular complexity index is 719. The van der Waals surface area contributed by atoms with E-state index in [2.05, 4.69) is 0 Å². The van der Waals surface area contributed by atoms with Crippen LogP contribution in [-0.2, 0) is 0 Å². The number of rotatable bonds is 1. The van der Waals surface area contributed by atoms with E-state index < -0.39 is 0 Å².